The summed E-state index contributed by atoms with van der Waals surface area (Å²) in [5, 5.41) is 20.5. The lowest BCUT2D eigenvalue weighted by Gasteiger charge is -2.16. The quantitative estimate of drug-likeness (QED) is 0.884. The number of carbonyl (C=O) groups is 1. The number of benzene rings is 1. The number of aryl methyl sites for hydroxylation is 1. The predicted molar refractivity (Wildman–Crippen MR) is 85.3 cm³/mol. The van der Waals surface area contributed by atoms with Crippen LogP contribution in [0.5, 0.6) is 0 Å². The number of carbonyl (C=O) groups excluding carboxylic acids is 1. The molecule has 0 radical (unpaired) electrons. The van der Waals surface area contributed by atoms with Crippen LogP contribution in [0.3, 0.4) is 0 Å². The van der Waals surface area contributed by atoms with Crippen LogP contribution in [-0.4, -0.2) is 51.8 Å². The molecule has 2 N–H and O–H groups in total. The number of hydrogen-bond donors (Lipinski definition) is 2. The van der Waals surface area contributed by atoms with E-state index in [1.807, 2.05) is 30.3 Å². The van der Waals surface area contributed by atoms with Crippen molar-refractivity contribution in [3.05, 3.63) is 53.7 Å². The van der Waals surface area contributed by atoms with Gasteiger partial charge in [0.15, 0.2) is 12.1 Å². The van der Waals surface area contributed by atoms with Crippen molar-refractivity contribution in [2.45, 2.75) is 18.9 Å². The van der Waals surface area contributed by atoms with E-state index < -0.39 is 11.5 Å². The maximum Gasteiger partial charge on any atom is 0.276 e. The topological polar surface area (TPSA) is 86.8 Å². The Morgan fingerprint density at radius 2 is 2.17 bits per heavy atom. The second-order valence-electron chi connectivity index (χ2n) is 6.75. The van der Waals surface area contributed by atoms with E-state index in [0.717, 1.165) is 5.56 Å². The SMILES string of the molecule is Cc1ocnc1C(=O)N1C[C@H](O)[C@@]2(C1)[C@H](CO)[C@H]2c1ccccc1. The highest BCUT2D eigenvalue weighted by molar-refractivity contribution is 5.93. The third-order valence-corrected chi connectivity index (χ3v) is 5.63. The summed E-state index contributed by atoms with van der Waals surface area (Å²) in [5.74, 6) is 0.276. The number of amides is 1. The summed E-state index contributed by atoms with van der Waals surface area (Å²) in [4.78, 5) is 18.3. The number of aromatic nitrogens is 1. The van der Waals surface area contributed by atoms with Crippen LogP contribution in [0.1, 0.15) is 27.7 Å². The summed E-state index contributed by atoms with van der Waals surface area (Å²) in [6, 6.07) is 9.89. The van der Waals surface area contributed by atoms with Crippen molar-refractivity contribution in [3.8, 4) is 0 Å². The third kappa shape index (κ3) is 2.03. The van der Waals surface area contributed by atoms with E-state index in [2.05, 4.69) is 4.98 Å². The highest BCUT2D eigenvalue weighted by Crippen LogP contribution is 2.68. The van der Waals surface area contributed by atoms with E-state index in [-0.39, 0.29) is 36.6 Å². The molecule has 4 rings (SSSR count). The van der Waals surface area contributed by atoms with E-state index >= 15 is 0 Å². The fourth-order valence-corrected chi connectivity index (χ4v) is 4.38. The van der Waals surface area contributed by atoms with E-state index in [0.29, 0.717) is 12.3 Å². The number of β-amino-alcohol motifs (C(OH)–C–C–N with tert-alkyl or cyclic N) is 1. The van der Waals surface area contributed by atoms with Crippen LogP contribution >= 0.6 is 0 Å². The van der Waals surface area contributed by atoms with Gasteiger partial charge in [0.05, 0.1) is 6.10 Å². The Morgan fingerprint density at radius 3 is 2.79 bits per heavy atom. The molecule has 1 aromatic carbocycles. The van der Waals surface area contributed by atoms with Gasteiger partial charge >= 0.3 is 0 Å². The lowest BCUT2D eigenvalue weighted by molar-refractivity contribution is 0.0757. The van der Waals surface area contributed by atoms with Crippen molar-refractivity contribution in [3.63, 3.8) is 0 Å². The normalized spacial score (nSPS) is 31.6. The number of aliphatic hydroxyl groups excluding tert-OH is 2. The molecule has 6 heteroatoms. The molecule has 1 aliphatic carbocycles. The van der Waals surface area contributed by atoms with Crippen LogP contribution < -0.4 is 0 Å². The van der Waals surface area contributed by atoms with Gasteiger partial charge in [0.1, 0.15) is 5.76 Å². The maximum absolute atomic E-state index is 12.7. The molecule has 0 unspecified atom stereocenters. The van der Waals surface area contributed by atoms with Crippen LogP contribution in [0.15, 0.2) is 41.1 Å². The minimum Gasteiger partial charge on any atom is -0.448 e. The molecule has 1 spiro atoms. The summed E-state index contributed by atoms with van der Waals surface area (Å²) < 4.78 is 5.11. The zero-order valence-corrected chi connectivity index (χ0v) is 13.4. The van der Waals surface area contributed by atoms with Crippen molar-refractivity contribution in [2.24, 2.45) is 11.3 Å². The van der Waals surface area contributed by atoms with Crippen LogP contribution in [0.4, 0.5) is 0 Å². The van der Waals surface area contributed by atoms with Gasteiger partial charge in [0.2, 0.25) is 0 Å². The third-order valence-electron chi connectivity index (χ3n) is 5.63. The van der Waals surface area contributed by atoms with Crippen molar-refractivity contribution < 1.29 is 19.4 Å². The molecule has 4 atom stereocenters. The molecule has 1 saturated heterocycles. The molecule has 2 aliphatic rings. The van der Waals surface area contributed by atoms with E-state index in [1.165, 1.54) is 6.39 Å². The minimum absolute atomic E-state index is 0.00163. The fraction of sp³-hybridized carbons (Fsp3) is 0.444. The van der Waals surface area contributed by atoms with Crippen molar-refractivity contribution >= 4 is 5.91 Å². The zero-order valence-electron chi connectivity index (χ0n) is 13.4. The molecule has 2 aromatic rings. The minimum atomic E-state index is -0.656. The first-order valence-corrected chi connectivity index (χ1v) is 8.13. The standard InChI is InChI=1S/C18H20N2O4/c1-11-16(19-10-24-11)17(23)20-7-14(22)18(9-20)13(8-21)15(18)12-5-3-2-4-6-12/h2-6,10,13-15,21-22H,7-9H2,1H3/t13-,14+,15-,18-/m1/s1. The number of likely N-dealkylation sites (tertiary alicyclic amines) is 1. The average Bonchev–Trinajstić information content (AvgIpc) is 2.82. The molecular formula is C18H20N2O4. The van der Waals surface area contributed by atoms with Gasteiger partial charge in [-0.1, -0.05) is 30.3 Å². The first-order valence-electron chi connectivity index (χ1n) is 8.13. The Bertz CT molecular complexity index is 759. The molecule has 0 bridgehead atoms. The molecule has 1 aromatic heterocycles. The Hall–Kier alpha value is -2.18. The van der Waals surface area contributed by atoms with Gasteiger partial charge in [-0.15, -0.1) is 0 Å². The van der Waals surface area contributed by atoms with Gasteiger partial charge in [-0.25, -0.2) is 4.98 Å². The zero-order chi connectivity index (χ0) is 16.9. The van der Waals surface area contributed by atoms with E-state index in [1.54, 1.807) is 11.8 Å². The van der Waals surface area contributed by atoms with Crippen LogP contribution in [0, 0.1) is 18.3 Å². The molecule has 1 amide bonds. The number of oxazole rings is 1. The van der Waals surface area contributed by atoms with Crippen LogP contribution in [0.25, 0.3) is 0 Å². The molecule has 24 heavy (non-hydrogen) atoms. The van der Waals surface area contributed by atoms with Gasteiger partial charge in [-0.3, -0.25) is 4.79 Å². The Labute approximate surface area is 139 Å². The lowest BCUT2D eigenvalue weighted by Crippen LogP contribution is -2.30. The molecular weight excluding hydrogens is 308 g/mol. The lowest BCUT2D eigenvalue weighted by atomic mass is 9.95. The van der Waals surface area contributed by atoms with Crippen molar-refractivity contribution in [1.82, 2.24) is 9.88 Å². The van der Waals surface area contributed by atoms with E-state index in [9.17, 15) is 15.0 Å². The van der Waals surface area contributed by atoms with Gasteiger partial charge < -0.3 is 19.5 Å². The monoisotopic (exact) mass is 328 g/mol. The molecule has 6 nitrogen and oxygen atoms in total. The summed E-state index contributed by atoms with van der Waals surface area (Å²) >= 11 is 0. The molecule has 2 heterocycles. The summed E-state index contributed by atoms with van der Waals surface area (Å²) in [7, 11) is 0. The van der Waals surface area contributed by atoms with Crippen LogP contribution in [0.2, 0.25) is 0 Å². The smallest absolute Gasteiger partial charge is 0.276 e. The summed E-state index contributed by atoms with van der Waals surface area (Å²) in [6.07, 6.45) is 0.599. The average molecular weight is 328 g/mol. The van der Waals surface area contributed by atoms with Gasteiger partial charge in [0, 0.05) is 25.1 Å². The fourth-order valence-electron chi connectivity index (χ4n) is 4.38. The predicted octanol–water partition coefficient (Wildman–Crippen LogP) is 1.19. The number of rotatable bonds is 3. The van der Waals surface area contributed by atoms with Gasteiger partial charge in [0.25, 0.3) is 5.91 Å². The Morgan fingerprint density at radius 1 is 1.42 bits per heavy atom. The highest BCUT2D eigenvalue weighted by atomic mass is 16.3. The number of nitrogens with zero attached hydrogens (tertiary/aromatic N) is 2. The maximum atomic E-state index is 12.7. The first-order chi connectivity index (χ1) is 11.6. The summed E-state index contributed by atoms with van der Waals surface area (Å²) in [5.41, 5.74) is 0.919. The van der Waals surface area contributed by atoms with Crippen molar-refractivity contribution in [2.75, 3.05) is 19.7 Å². The van der Waals surface area contributed by atoms with Gasteiger partial charge in [-0.2, -0.15) is 0 Å². The first kappa shape index (κ1) is 15.4. The second-order valence-corrected chi connectivity index (χ2v) is 6.75. The molecule has 1 saturated carbocycles. The van der Waals surface area contributed by atoms with Gasteiger partial charge in [-0.05, 0) is 24.3 Å². The number of aliphatic hydroxyl groups is 2. The number of hydrogen-bond acceptors (Lipinski definition) is 5. The molecule has 2 fully saturated rings. The second kappa shape index (κ2) is 5.43. The van der Waals surface area contributed by atoms with Crippen LogP contribution in [-0.2, 0) is 0 Å². The largest absolute Gasteiger partial charge is 0.448 e. The summed E-state index contributed by atoms with van der Waals surface area (Å²) in [6.45, 7) is 2.37. The highest BCUT2D eigenvalue weighted by Gasteiger charge is 2.71. The Balaban J connectivity index is 1.61. The molecule has 126 valence electrons. The Kier molecular flexibility index (Phi) is 3.47. The van der Waals surface area contributed by atoms with Crippen molar-refractivity contribution in [1.29, 1.82) is 0 Å². The van der Waals surface area contributed by atoms with E-state index in [4.69, 9.17) is 4.42 Å². The molecule has 1 aliphatic heterocycles.